The van der Waals surface area contributed by atoms with E-state index < -0.39 is 0 Å². The summed E-state index contributed by atoms with van der Waals surface area (Å²) in [6, 6.07) is 62.6. The van der Waals surface area contributed by atoms with Crippen LogP contribution in [0.1, 0.15) is 0 Å². The topological polar surface area (TPSA) is 16.4 Å². The van der Waals surface area contributed by atoms with E-state index in [0.717, 1.165) is 55.5 Å². The van der Waals surface area contributed by atoms with E-state index in [4.69, 9.17) is 4.42 Å². The van der Waals surface area contributed by atoms with Gasteiger partial charge in [0.05, 0.1) is 0 Å². The fourth-order valence-electron chi connectivity index (χ4n) is 6.78. The van der Waals surface area contributed by atoms with Crippen molar-refractivity contribution in [1.82, 2.24) is 0 Å². The van der Waals surface area contributed by atoms with Gasteiger partial charge in [-0.3, -0.25) is 0 Å². The number of para-hydroxylation sites is 1. The summed E-state index contributed by atoms with van der Waals surface area (Å²) in [5, 5.41) is 7.06. The molecule has 0 N–H and O–H groups in total. The van der Waals surface area contributed by atoms with Gasteiger partial charge in [-0.2, -0.15) is 0 Å². The maximum atomic E-state index is 6.62. The molecular weight excluding hydrogens is 558 g/mol. The van der Waals surface area contributed by atoms with Crippen LogP contribution in [0.5, 0.6) is 0 Å². The smallest absolute Gasteiger partial charge is 0.143 e. The molecule has 216 valence electrons. The first-order valence-electron chi connectivity index (χ1n) is 15.7. The number of fused-ring (bicyclic) bond motifs is 6. The Balaban J connectivity index is 1.13. The van der Waals surface area contributed by atoms with E-state index in [9.17, 15) is 0 Å². The molecule has 0 aliphatic rings. The molecule has 9 aromatic rings. The van der Waals surface area contributed by atoms with Crippen molar-refractivity contribution < 1.29 is 4.42 Å². The second-order valence-corrected chi connectivity index (χ2v) is 11.8. The zero-order chi connectivity index (χ0) is 30.5. The van der Waals surface area contributed by atoms with Crippen molar-refractivity contribution in [2.75, 3.05) is 4.90 Å². The highest BCUT2D eigenvalue weighted by atomic mass is 16.3. The number of benzene rings is 8. The number of furan rings is 1. The normalized spacial score (nSPS) is 11.5. The minimum absolute atomic E-state index is 0.897. The van der Waals surface area contributed by atoms with Gasteiger partial charge < -0.3 is 9.32 Å². The standard InChI is InChI=1S/C44H29NO/c1-3-12-32(13-4-1)41-29-42-39-26-22-34(28-43(39)46-44(42)40-18-10-9-17-38(40)41)31-19-23-36(24-20-31)45(35-15-5-2-6-16-35)37-25-21-30-11-7-8-14-33(30)27-37/h1-29H. The molecule has 1 aromatic heterocycles. The molecule has 0 fully saturated rings. The van der Waals surface area contributed by atoms with Crippen molar-refractivity contribution in [2.45, 2.75) is 0 Å². The van der Waals surface area contributed by atoms with Crippen LogP contribution in [0.4, 0.5) is 17.1 Å². The maximum Gasteiger partial charge on any atom is 0.143 e. The Kier molecular flexibility index (Phi) is 6.17. The molecule has 0 saturated carbocycles. The molecule has 1 heterocycles. The van der Waals surface area contributed by atoms with Gasteiger partial charge in [-0.05, 0) is 93.0 Å². The first-order valence-corrected chi connectivity index (χ1v) is 15.7. The van der Waals surface area contributed by atoms with Crippen LogP contribution in [0.25, 0.3) is 65.7 Å². The molecule has 8 aromatic carbocycles. The highest BCUT2D eigenvalue weighted by Gasteiger charge is 2.16. The Morgan fingerprint density at radius 2 is 0.978 bits per heavy atom. The highest BCUT2D eigenvalue weighted by molar-refractivity contribution is 6.19. The van der Waals surface area contributed by atoms with Crippen LogP contribution >= 0.6 is 0 Å². The summed E-state index contributed by atoms with van der Waals surface area (Å²) >= 11 is 0. The lowest BCUT2D eigenvalue weighted by Crippen LogP contribution is -2.09. The van der Waals surface area contributed by atoms with Gasteiger partial charge in [0.25, 0.3) is 0 Å². The summed E-state index contributed by atoms with van der Waals surface area (Å²) in [4.78, 5) is 2.31. The number of hydrogen-bond acceptors (Lipinski definition) is 2. The summed E-state index contributed by atoms with van der Waals surface area (Å²) < 4.78 is 6.62. The maximum absolute atomic E-state index is 6.62. The number of anilines is 3. The fourth-order valence-corrected chi connectivity index (χ4v) is 6.78. The largest absolute Gasteiger partial charge is 0.455 e. The SMILES string of the molecule is c1ccc(-c2cc3c4ccc(-c5ccc(N(c6ccccc6)c6ccc7ccccc7c6)cc5)cc4oc3c3ccccc23)cc1. The van der Waals surface area contributed by atoms with Crippen molar-refractivity contribution in [1.29, 1.82) is 0 Å². The molecule has 0 saturated heterocycles. The molecule has 0 spiro atoms. The highest BCUT2D eigenvalue weighted by Crippen LogP contribution is 2.41. The summed E-state index contributed by atoms with van der Waals surface area (Å²) in [5.74, 6) is 0. The van der Waals surface area contributed by atoms with Crippen LogP contribution < -0.4 is 4.90 Å². The summed E-state index contributed by atoms with van der Waals surface area (Å²) in [6.07, 6.45) is 0. The van der Waals surface area contributed by atoms with E-state index in [1.807, 2.05) is 0 Å². The zero-order valence-electron chi connectivity index (χ0n) is 25.1. The Morgan fingerprint density at radius 3 is 1.78 bits per heavy atom. The lowest BCUT2D eigenvalue weighted by Gasteiger charge is -2.26. The molecule has 0 amide bonds. The molecule has 0 unspecified atom stereocenters. The van der Waals surface area contributed by atoms with Gasteiger partial charge in [-0.1, -0.05) is 121 Å². The Hall–Kier alpha value is -6.12. The Labute approximate surface area is 267 Å². The van der Waals surface area contributed by atoms with Crippen molar-refractivity contribution in [3.8, 4) is 22.3 Å². The summed E-state index contributed by atoms with van der Waals surface area (Å²) in [6.45, 7) is 0. The van der Waals surface area contributed by atoms with Crippen molar-refractivity contribution >= 4 is 60.5 Å². The molecule has 2 nitrogen and oxygen atoms in total. The molecular formula is C44H29NO. The third-order valence-corrected chi connectivity index (χ3v) is 9.03. The van der Waals surface area contributed by atoms with Crippen LogP contribution in [0, 0.1) is 0 Å². The van der Waals surface area contributed by atoms with Gasteiger partial charge in [0.1, 0.15) is 11.2 Å². The Bertz CT molecular complexity index is 2510. The summed E-state index contributed by atoms with van der Waals surface area (Å²) in [7, 11) is 0. The van der Waals surface area contributed by atoms with Gasteiger partial charge in [-0.15, -0.1) is 0 Å². The van der Waals surface area contributed by atoms with Crippen LogP contribution in [-0.2, 0) is 0 Å². The number of rotatable bonds is 5. The van der Waals surface area contributed by atoms with E-state index >= 15 is 0 Å². The molecule has 0 aliphatic heterocycles. The average Bonchev–Trinajstić information content (AvgIpc) is 3.51. The predicted octanol–water partition coefficient (Wildman–Crippen LogP) is 12.7. The lowest BCUT2D eigenvalue weighted by molar-refractivity contribution is 0.673. The summed E-state index contributed by atoms with van der Waals surface area (Å²) in [5.41, 5.74) is 9.89. The van der Waals surface area contributed by atoms with Crippen LogP contribution in [0.15, 0.2) is 180 Å². The number of nitrogens with zero attached hydrogens (tertiary/aromatic N) is 1. The molecule has 0 aliphatic carbocycles. The average molecular weight is 588 g/mol. The number of hydrogen-bond donors (Lipinski definition) is 0. The predicted molar refractivity (Wildman–Crippen MR) is 194 cm³/mol. The van der Waals surface area contributed by atoms with Crippen LogP contribution in [-0.4, -0.2) is 0 Å². The van der Waals surface area contributed by atoms with Crippen molar-refractivity contribution in [2.24, 2.45) is 0 Å². The van der Waals surface area contributed by atoms with E-state index in [-0.39, 0.29) is 0 Å². The zero-order valence-corrected chi connectivity index (χ0v) is 25.1. The minimum atomic E-state index is 0.897. The Morgan fingerprint density at radius 1 is 0.348 bits per heavy atom. The van der Waals surface area contributed by atoms with E-state index in [2.05, 4.69) is 181 Å². The first-order chi connectivity index (χ1) is 22.8. The van der Waals surface area contributed by atoms with Gasteiger partial charge in [-0.25, -0.2) is 0 Å². The third-order valence-electron chi connectivity index (χ3n) is 9.03. The van der Waals surface area contributed by atoms with Gasteiger partial charge in [0.15, 0.2) is 0 Å². The van der Waals surface area contributed by atoms with E-state index in [0.29, 0.717) is 0 Å². The van der Waals surface area contributed by atoms with Gasteiger partial charge in [0.2, 0.25) is 0 Å². The quantitative estimate of drug-likeness (QED) is 0.199. The molecule has 0 radical (unpaired) electrons. The molecule has 46 heavy (non-hydrogen) atoms. The second-order valence-electron chi connectivity index (χ2n) is 11.8. The van der Waals surface area contributed by atoms with Crippen LogP contribution in [0.3, 0.4) is 0 Å². The van der Waals surface area contributed by atoms with Gasteiger partial charge in [0, 0.05) is 33.2 Å². The second kappa shape index (κ2) is 10.8. The van der Waals surface area contributed by atoms with Crippen molar-refractivity contribution in [3.63, 3.8) is 0 Å². The fraction of sp³-hybridized carbons (Fsp3) is 0. The van der Waals surface area contributed by atoms with Crippen LogP contribution in [0.2, 0.25) is 0 Å². The minimum Gasteiger partial charge on any atom is -0.455 e. The molecule has 2 heteroatoms. The molecule has 0 atom stereocenters. The van der Waals surface area contributed by atoms with Gasteiger partial charge >= 0.3 is 0 Å². The van der Waals surface area contributed by atoms with E-state index in [1.54, 1.807) is 0 Å². The van der Waals surface area contributed by atoms with Crippen molar-refractivity contribution in [3.05, 3.63) is 176 Å². The third kappa shape index (κ3) is 4.43. The van der Waals surface area contributed by atoms with E-state index in [1.165, 1.54) is 27.3 Å². The first kappa shape index (κ1) is 26.3. The molecule has 9 rings (SSSR count). The monoisotopic (exact) mass is 587 g/mol. The lowest BCUT2D eigenvalue weighted by atomic mass is 9.95. The molecule has 0 bridgehead atoms.